The van der Waals surface area contributed by atoms with Gasteiger partial charge < -0.3 is 15.7 Å². The highest BCUT2D eigenvalue weighted by Gasteiger charge is 2.26. The molecular weight excluding hydrogens is 420 g/mol. The first-order valence-corrected chi connectivity index (χ1v) is 11.8. The fourth-order valence-electron chi connectivity index (χ4n) is 4.24. The Labute approximate surface area is 191 Å². The molecule has 1 aliphatic carbocycles. The molecule has 1 fully saturated rings. The van der Waals surface area contributed by atoms with Crippen molar-refractivity contribution in [2.75, 3.05) is 17.2 Å². The van der Waals surface area contributed by atoms with E-state index in [4.69, 9.17) is 15.0 Å². The van der Waals surface area contributed by atoms with E-state index in [1.165, 1.54) is 0 Å². The van der Waals surface area contributed by atoms with Crippen LogP contribution in [0.15, 0.2) is 48.8 Å². The molecule has 0 saturated heterocycles. The highest BCUT2D eigenvalue weighted by molar-refractivity contribution is 7.21. The van der Waals surface area contributed by atoms with Crippen LogP contribution in [0.2, 0.25) is 0 Å². The second-order valence-corrected chi connectivity index (χ2v) is 9.29. The second kappa shape index (κ2) is 9.18. The number of aromatic nitrogens is 4. The maximum Gasteiger partial charge on any atom is 0.225 e. The summed E-state index contributed by atoms with van der Waals surface area (Å²) in [6.45, 7) is 2.87. The average Bonchev–Trinajstić information content (AvgIpc) is 3.44. The molecule has 7 nitrogen and oxygen atoms in total. The van der Waals surface area contributed by atoms with Crippen molar-refractivity contribution >= 4 is 33.3 Å². The van der Waals surface area contributed by atoms with E-state index in [9.17, 15) is 5.11 Å². The van der Waals surface area contributed by atoms with Gasteiger partial charge in [-0.15, -0.1) is 11.3 Å². The van der Waals surface area contributed by atoms with Crippen molar-refractivity contribution in [1.29, 1.82) is 0 Å². The Bertz CT molecular complexity index is 1180. The van der Waals surface area contributed by atoms with Gasteiger partial charge >= 0.3 is 0 Å². The van der Waals surface area contributed by atoms with Crippen LogP contribution >= 0.6 is 11.3 Å². The molecule has 0 spiro atoms. The van der Waals surface area contributed by atoms with Crippen LogP contribution in [0.1, 0.15) is 30.5 Å². The van der Waals surface area contributed by atoms with Crippen molar-refractivity contribution in [3.63, 3.8) is 0 Å². The first-order chi connectivity index (χ1) is 15.7. The Morgan fingerprint density at radius 3 is 2.69 bits per heavy atom. The number of aliphatic hydroxyl groups is 1. The van der Waals surface area contributed by atoms with Crippen LogP contribution in [0, 0.1) is 12.8 Å². The summed E-state index contributed by atoms with van der Waals surface area (Å²) in [4.78, 5) is 18.5. The van der Waals surface area contributed by atoms with Gasteiger partial charge in [-0.2, -0.15) is 4.98 Å². The summed E-state index contributed by atoms with van der Waals surface area (Å²) in [5, 5.41) is 17.5. The number of para-hydroxylation sites is 1. The SMILES string of the molecule is Cc1nc(NCc2ccncc2)nc(N[C@H]2CC[C@@H](CO)C2)c1-c1nc2ccccc2s1. The van der Waals surface area contributed by atoms with E-state index in [1.807, 2.05) is 37.3 Å². The summed E-state index contributed by atoms with van der Waals surface area (Å²) >= 11 is 1.66. The first-order valence-electron chi connectivity index (χ1n) is 10.9. The van der Waals surface area contributed by atoms with Crippen molar-refractivity contribution in [2.24, 2.45) is 5.92 Å². The number of hydrogen-bond donors (Lipinski definition) is 3. The van der Waals surface area contributed by atoms with Crippen LogP contribution in [0.4, 0.5) is 11.8 Å². The molecule has 32 heavy (non-hydrogen) atoms. The predicted molar refractivity (Wildman–Crippen MR) is 129 cm³/mol. The number of nitrogens with one attached hydrogen (secondary N) is 2. The number of nitrogens with zero attached hydrogens (tertiary/aromatic N) is 4. The lowest BCUT2D eigenvalue weighted by Gasteiger charge is -2.18. The van der Waals surface area contributed by atoms with Gasteiger partial charge in [-0.3, -0.25) is 4.98 Å². The van der Waals surface area contributed by atoms with Gasteiger partial charge in [0.25, 0.3) is 0 Å². The fourth-order valence-corrected chi connectivity index (χ4v) is 5.30. The van der Waals surface area contributed by atoms with E-state index in [1.54, 1.807) is 23.7 Å². The lowest BCUT2D eigenvalue weighted by Crippen LogP contribution is -2.19. The molecule has 0 aliphatic heterocycles. The van der Waals surface area contributed by atoms with Gasteiger partial charge in [-0.05, 0) is 61.9 Å². The smallest absolute Gasteiger partial charge is 0.225 e. The van der Waals surface area contributed by atoms with Crippen LogP contribution in [-0.4, -0.2) is 37.7 Å². The number of thiazole rings is 1. The van der Waals surface area contributed by atoms with Gasteiger partial charge in [-0.1, -0.05) is 12.1 Å². The first kappa shape index (κ1) is 20.8. The minimum Gasteiger partial charge on any atom is -0.396 e. The third-order valence-electron chi connectivity index (χ3n) is 5.94. The van der Waals surface area contributed by atoms with Crippen LogP contribution in [0.25, 0.3) is 20.8 Å². The monoisotopic (exact) mass is 446 g/mol. The third kappa shape index (κ3) is 4.42. The maximum atomic E-state index is 9.55. The highest BCUT2D eigenvalue weighted by atomic mass is 32.1. The standard InChI is InChI=1S/C24H26N6OS/c1-15-21(23-29-19-4-2-3-5-20(19)32-23)22(28-18-7-6-17(12-18)14-31)30-24(27-15)26-13-16-8-10-25-11-9-16/h2-5,8-11,17-18,31H,6-7,12-14H2,1H3,(H2,26,27,28,30)/t17-,18+/m1/s1. The zero-order valence-corrected chi connectivity index (χ0v) is 18.8. The Morgan fingerprint density at radius 2 is 1.91 bits per heavy atom. The molecule has 4 aromatic rings. The molecule has 0 amide bonds. The van der Waals surface area contributed by atoms with E-state index >= 15 is 0 Å². The molecule has 0 unspecified atom stereocenters. The van der Waals surface area contributed by atoms with Crippen LogP contribution in [-0.2, 0) is 6.54 Å². The van der Waals surface area contributed by atoms with E-state index < -0.39 is 0 Å². The van der Waals surface area contributed by atoms with E-state index in [-0.39, 0.29) is 12.6 Å². The number of hydrogen-bond acceptors (Lipinski definition) is 8. The van der Waals surface area contributed by atoms with Crippen molar-refractivity contribution in [1.82, 2.24) is 19.9 Å². The normalized spacial score (nSPS) is 18.2. The van der Waals surface area contributed by atoms with Gasteiger partial charge in [0, 0.05) is 31.6 Å². The minimum absolute atomic E-state index is 0.241. The van der Waals surface area contributed by atoms with Crippen molar-refractivity contribution in [2.45, 2.75) is 38.8 Å². The third-order valence-corrected chi connectivity index (χ3v) is 6.99. The topological polar surface area (TPSA) is 95.9 Å². The Balaban J connectivity index is 1.49. The zero-order valence-electron chi connectivity index (χ0n) is 18.0. The molecule has 0 bridgehead atoms. The number of pyridine rings is 1. The quantitative estimate of drug-likeness (QED) is 0.380. The largest absolute Gasteiger partial charge is 0.396 e. The number of benzene rings is 1. The molecule has 2 atom stereocenters. The van der Waals surface area contributed by atoms with Gasteiger partial charge in [0.15, 0.2) is 0 Å². The van der Waals surface area contributed by atoms with Crippen molar-refractivity contribution in [3.8, 4) is 10.6 Å². The molecule has 1 aromatic carbocycles. The molecule has 3 heterocycles. The lowest BCUT2D eigenvalue weighted by molar-refractivity contribution is 0.229. The fraction of sp³-hybridized carbons (Fsp3) is 0.333. The number of fused-ring (bicyclic) bond motifs is 1. The maximum absolute atomic E-state index is 9.55. The summed E-state index contributed by atoms with van der Waals surface area (Å²) in [5.41, 5.74) is 3.94. The van der Waals surface area contributed by atoms with E-state index in [2.05, 4.69) is 21.7 Å². The summed E-state index contributed by atoms with van der Waals surface area (Å²) in [5.74, 6) is 1.74. The van der Waals surface area contributed by atoms with Gasteiger partial charge in [0.2, 0.25) is 5.95 Å². The molecule has 164 valence electrons. The summed E-state index contributed by atoms with van der Waals surface area (Å²) < 4.78 is 1.15. The highest BCUT2D eigenvalue weighted by Crippen LogP contribution is 2.37. The van der Waals surface area contributed by atoms with E-state index in [0.29, 0.717) is 18.4 Å². The van der Waals surface area contributed by atoms with Gasteiger partial charge in [0.05, 0.1) is 21.5 Å². The van der Waals surface area contributed by atoms with Crippen molar-refractivity contribution in [3.05, 3.63) is 60.0 Å². The number of anilines is 2. The predicted octanol–water partition coefficient (Wildman–Crippen LogP) is 4.64. The molecule has 0 radical (unpaired) electrons. The van der Waals surface area contributed by atoms with Gasteiger partial charge in [-0.25, -0.2) is 9.97 Å². The average molecular weight is 447 g/mol. The number of aryl methyl sites for hydroxylation is 1. The molecule has 3 N–H and O–H groups in total. The van der Waals surface area contributed by atoms with E-state index in [0.717, 1.165) is 57.1 Å². The number of aliphatic hydroxyl groups excluding tert-OH is 1. The van der Waals surface area contributed by atoms with Gasteiger partial charge in [0.1, 0.15) is 10.8 Å². The molecule has 5 rings (SSSR count). The number of rotatable bonds is 7. The second-order valence-electron chi connectivity index (χ2n) is 8.25. The summed E-state index contributed by atoms with van der Waals surface area (Å²) in [7, 11) is 0. The Kier molecular flexibility index (Phi) is 5.96. The van der Waals surface area contributed by atoms with Crippen LogP contribution in [0.5, 0.6) is 0 Å². The van der Waals surface area contributed by atoms with Crippen molar-refractivity contribution < 1.29 is 5.11 Å². The molecule has 3 aromatic heterocycles. The molecular formula is C24H26N6OS. The summed E-state index contributed by atoms with van der Waals surface area (Å²) in [6.07, 6.45) is 6.56. The molecule has 1 saturated carbocycles. The van der Waals surface area contributed by atoms with Crippen LogP contribution < -0.4 is 10.6 Å². The minimum atomic E-state index is 0.241. The molecule has 8 heteroatoms. The zero-order chi connectivity index (χ0) is 21.9. The Morgan fingerprint density at radius 1 is 1.06 bits per heavy atom. The Hall–Kier alpha value is -3.10. The summed E-state index contributed by atoms with van der Waals surface area (Å²) in [6, 6.07) is 12.4. The lowest BCUT2D eigenvalue weighted by atomic mass is 10.1. The molecule has 1 aliphatic rings. The van der Waals surface area contributed by atoms with Crippen LogP contribution in [0.3, 0.4) is 0 Å².